The SMILES string of the molecule is CCn1c(SCC(=O)NCCCN2CCCCCC2=O)nnc1-c1ccccc1C. The van der Waals surface area contributed by atoms with Crippen molar-refractivity contribution >= 4 is 23.6 Å². The lowest BCUT2D eigenvalue weighted by atomic mass is 10.1. The molecule has 0 unspecified atom stereocenters. The molecular weight excluding hydrogens is 398 g/mol. The Balaban J connectivity index is 1.46. The Morgan fingerprint density at radius 2 is 2.03 bits per heavy atom. The Morgan fingerprint density at radius 1 is 1.20 bits per heavy atom. The van der Waals surface area contributed by atoms with E-state index in [4.69, 9.17) is 0 Å². The summed E-state index contributed by atoms with van der Waals surface area (Å²) in [5.74, 6) is 1.36. The zero-order valence-corrected chi connectivity index (χ0v) is 18.7. The molecule has 8 heteroatoms. The van der Waals surface area contributed by atoms with Crippen LogP contribution in [-0.2, 0) is 16.1 Å². The van der Waals surface area contributed by atoms with Crippen molar-refractivity contribution in [1.82, 2.24) is 25.0 Å². The lowest BCUT2D eigenvalue weighted by Gasteiger charge is -2.20. The average Bonchev–Trinajstić information content (AvgIpc) is 3.04. The summed E-state index contributed by atoms with van der Waals surface area (Å²) in [6.45, 7) is 7.00. The van der Waals surface area contributed by atoms with E-state index in [1.807, 2.05) is 27.7 Å². The fraction of sp³-hybridized carbons (Fsp3) is 0.545. The maximum atomic E-state index is 12.2. The minimum absolute atomic E-state index is 0.0229. The number of nitrogens with zero attached hydrogens (tertiary/aromatic N) is 4. The van der Waals surface area contributed by atoms with E-state index in [-0.39, 0.29) is 11.8 Å². The molecule has 0 spiro atoms. The molecular formula is C22H31N5O2S. The number of nitrogens with one attached hydrogen (secondary N) is 1. The van der Waals surface area contributed by atoms with E-state index in [9.17, 15) is 9.59 Å². The number of benzene rings is 1. The first-order valence-corrected chi connectivity index (χ1v) is 11.7. The van der Waals surface area contributed by atoms with Gasteiger partial charge in [-0.15, -0.1) is 10.2 Å². The van der Waals surface area contributed by atoms with Crippen LogP contribution in [0.2, 0.25) is 0 Å². The van der Waals surface area contributed by atoms with E-state index < -0.39 is 0 Å². The predicted octanol–water partition coefficient (Wildman–Crippen LogP) is 3.27. The summed E-state index contributed by atoms with van der Waals surface area (Å²) < 4.78 is 2.05. The normalized spacial score (nSPS) is 14.6. The van der Waals surface area contributed by atoms with Crippen molar-refractivity contribution in [1.29, 1.82) is 0 Å². The standard InChI is InChI=1S/C22H31N5O2S/c1-3-27-21(18-11-7-6-10-17(18)2)24-25-22(27)30-16-19(28)23-13-9-15-26-14-8-4-5-12-20(26)29/h6-7,10-11H,3-5,8-9,12-16H2,1-2H3,(H,23,28). The molecule has 2 aromatic rings. The highest BCUT2D eigenvalue weighted by Crippen LogP contribution is 2.26. The van der Waals surface area contributed by atoms with Gasteiger partial charge in [-0.05, 0) is 38.7 Å². The van der Waals surface area contributed by atoms with Crippen LogP contribution in [0.25, 0.3) is 11.4 Å². The summed E-state index contributed by atoms with van der Waals surface area (Å²) in [6.07, 6.45) is 4.65. The van der Waals surface area contributed by atoms with E-state index in [0.717, 1.165) is 67.4 Å². The van der Waals surface area contributed by atoms with Crippen LogP contribution < -0.4 is 5.32 Å². The van der Waals surface area contributed by atoms with Crippen LogP contribution in [0.4, 0.5) is 0 Å². The van der Waals surface area contributed by atoms with Crippen LogP contribution in [0.5, 0.6) is 0 Å². The van der Waals surface area contributed by atoms with Crippen LogP contribution in [-0.4, -0.2) is 56.9 Å². The molecule has 3 rings (SSSR count). The average molecular weight is 430 g/mol. The lowest BCUT2D eigenvalue weighted by Crippen LogP contribution is -2.34. The van der Waals surface area contributed by atoms with Crippen LogP contribution in [0.1, 0.15) is 44.6 Å². The molecule has 1 saturated heterocycles. The van der Waals surface area contributed by atoms with Gasteiger partial charge in [0.2, 0.25) is 11.8 Å². The van der Waals surface area contributed by atoms with E-state index >= 15 is 0 Å². The quantitative estimate of drug-likeness (QED) is 0.489. The molecule has 0 aliphatic carbocycles. The van der Waals surface area contributed by atoms with Gasteiger partial charge in [0.15, 0.2) is 11.0 Å². The van der Waals surface area contributed by atoms with Crippen molar-refractivity contribution in [3.63, 3.8) is 0 Å². The molecule has 1 aromatic heterocycles. The van der Waals surface area contributed by atoms with Gasteiger partial charge in [0, 0.05) is 38.2 Å². The van der Waals surface area contributed by atoms with E-state index in [1.54, 1.807) is 0 Å². The zero-order valence-electron chi connectivity index (χ0n) is 17.9. The minimum Gasteiger partial charge on any atom is -0.355 e. The van der Waals surface area contributed by atoms with Gasteiger partial charge in [0.1, 0.15) is 0 Å². The molecule has 0 saturated carbocycles. The number of carbonyl (C=O) groups is 2. The second-order valence-corrected chi connectivity index (χ2v) is 8.49. The molecule has 30 heavy (non-hydrogen) atoms. The second-order valence-electron chi connectivity index (χ2n) is 7.55. The summed E-state index contributed by atoms with van der Waals surface area (Å²) in [6, 6.07) is 8.11. The first-order valence-electron chi connectivity index (χ1n) is 10.8. The Labute approximate surface area is 182 Å². The Kier molecular flexibility index (Phi) is 8.30. The maximum absolute atomic E-state index is 12.2. The van der Waals surface area contributed by atoms with Crippen molar-refractivity contribution in [3.8, 4) is 11.4 Å². The molecule has 0 atom stereocenters. The number of rotatable bonds is 9. The number of hydrogen-bond donors (Lipinski definition) is 1. The molecule has 1 fully saturated rings. The smallest absolute Gasteiger partial charge is 0.230 e. The van der Waals surface area contributed by atoms with Crippen LogP contribution in [0.15, 0.2) is 29.4 Å². The Morgan fingerprint density at radius 3 is 2.83 bits per heavy atom. The van der Waals surface area contributed by atoms with Crippen LogP contribution >= 0.6 is 11.8 Å². The molecule has 7 nitrogen and oxygen atoms in total. The fourth-order valence-corrected chi connectivity index (χ4v) is 4.49. The van der Waals surface area contributed by atoms with E-state index in [1.165, 1.54) is 11.8 Å². The number of aromatic nitrogens is 3. The van der Waals surface area contributed by atoms with Crippen molar-refractivity contribution in [2.24, 2.45) is 0 Å². The molecule has 162 valence electrons. The molecule has 1 aliphatic rings. The molecule has 1 aromatic carbocycles. The molecule has 1 N–H and O–H groups in total. The summed E-state index contributed by atoms with van der Waals surface area (Å²) in [4.78, 5) is 26.2. The third kappa shape index (κ3) is 5.84. The van der Waals surface area contributed by atoms with Gasteiger partial charge in [-0.3, -0.25) is 9.59 Å². The highest BCUT2D eigenvalue weighted by Gasteiger charge is 2.17. The Hall–Kier alpha value is -2.35. The topological polar surface area (TPSA) is 80.1 Å². The minimum atomic E-state index is -0.0229. The van der Waals surface area contributed by atoms with Gasteiger partial charge in [0.25, 0.3) is 0 Å². The van der Waals surface area contributed by atoms with Gasteiger partial charge in [-0.25, -0.2) is 0 Å². The molecule has 1 aliphatic heterocycles. The molecule has 2 amide bonds. The summed E-state index contributed by atoms with van der Waals surface area (Å²) in [7, 11) is 0. The van der Waals surface area contributed by atoms with E-state index in [2.05, 4.69) is 35.4 Å². The third-order valence-corrected chi connectivity index (χ3v) is 6.32. The third-order valence-electron chi connectivity index (χ3n) is 5.35. The molecule has 0 bridgehead atoms. The summed E-state index contributed by atoms with van der Waals surface area (Å²) >= 11 is 1.40. The Bertz CT molecular complexity index is 867. The largest absolute Gasteiger partial charge is 0.355 e. The van der Waals surface area contributed by atoms with E-state index in [0.29, 0.717) is 18.7 Å². The number of amides is 2. The van der Waals surface area contributed by atoms with Crippen molar-refractivity contribution in [2.75, 3.05) is 25.4 Å². The highest BCUT2D eigenvalue weighted by molar-refractivity contribution is 7.99. The highest BCUT2D eigenvalue weighted by atomic mass is 32.2. The van der Waals surface area contributed by atoms with Crippen molar-refractivity contribution in [2.45, 2.75) is 57.7 Å². The van der Waals surface area contributed by atoms with Crippen molar-refractivity contribution in [3.05, 3.63) is 29.8 Å². The predicted molar refractivity (Wildman–Crippen MR) is 119 cm³/mol. The summed E-state index contributed by atoms with van der Waals surface area (Å²) in [5, 5.41) is 12.4. The van der Waals surface area contributed by atoms with Gasteiger partial charge in [0.05, 0.1) is 5.75 Å². The van der Waals surface area contributed by atoms with Gasteiger partial charge in [-0.1, -0.05) is 42.4 Å². The lowest BCUT2D eigenvalue weighted by molar-refractivity contribution is -0.130. The molecule has 2 heterocycles. The van der Waals surface area contributed by atoms with Crippen molar-refractivity contribution < 1.29 is 9.59 Å². The van der Waals surface area contributed by atoms with Crippen LogP contribution in [0.3, 0.4) is 0 Å². The summed E-state index contributed by atoms with van der Waals surface area (Å²) in [5.41, 5.74) is 2.21. The number of hydrogen-bond acceptors (Lipinski definition) is 5. The van der Waals surface area contributed by atoms with Gasteiger partial charge in [-0.2, -0.15) is 0 Å². The number of likely N-dealkylation sites (tertiary alicyclic amines) is 1. The first-order chi connectivity index (χ1) is 14.6. The number of carbonyl (C=O) groups excluding carboxylic acids is 2. The number of thioether (sulfide) groups is 1. The molecule has 0 radical (unpaired) electrons. The van der Waals surface area contributed by atoms with Gasteiger partial charge >= 0.3 is 0 Å². The maximum Gasteiger partial charge on any atom is 0.230 e. The monoisotopic (exact) mass is 429 g/mol. The zero-order chi connectivity index (χ0) is 21.3. The first kappa shape index (κ1) is 22.3. The van der Waals surface area contributed by atoms with Gasteiger partial charge < -0.3 is 14.8 Å². The van der Waals surface area contributed by atoms with Crippen LogP contribution in [0, 0.1) is 6.92 Å². The number of aryl methyl sites for hydroxylation is 1. The fourth-order valence-electron chi connectivity index (χ4n) is 3.66. The second kappa shape index (κ2) is 11.2.